The lowest BCUT2D eigenvalue weighted by atomic mass is 9.71. The van der Waals surface area contributed by atoms with Crippen LogP contribution in [0.2, 0.25) is 0 Å². The Bertz CT molecular complexity index is 1110. The van der Waals surface area contributed by atoms with Gasteiger partial charge in [-0.2, -0.15) is 0 Å². The van der Waals surface area contributed by atoms with Crippen molar-refractivity contribution in [2.75, 3.05) is 19.1 Å². The zero-order chi connectivity index (χ0) is 21.3. The van der Waals surface area contributed by atoms with E-state index in [0.717, 1.165) is 17.7 Å². The first-order valence-electron chi connectivity index (χ1n) is 10.5. The number of fused-ring (bicyclic) bond motifs is 8. The van der Waals surface area contributed by atoms with E-state index in [1.54, 1.807) is 14.2 Å². The van der Waals surface area contributed by atoms with Crippen LogP contribution < -0.4 is 14.4 Å². The molecule has 2 aromatic carbocycles. The van der Waals surface area contributed by atoms with Crippen LogP contribution in [0, 0.1) is 29.6 Å². The maximum Gasteiger partial charge on any atom is 0.238 e. The third-order valence-corrected chi connectivity index (χ3v) is 7.38. The largest absolute Gasteiger partial charge is 0.493 e. The van der Waals surface area contributed by atoms with Crippen LogP contribution in [0.4, 0.5) is 5.69 Å². The molecule has 2 heterocycles. The Morgan fingerprint density at radius 2 is 1.61 bits per heavy atom. The summed E-state index contributed by atoms with van der Waals surface area (Å²) in [5.74, 6) is 0.480. The van der Waals surface area contributed by atoms with E-state index < -0.39 is 0 Å². The number of imide groups is 1. The number of anilines is 1. The van der Waals surface area contributed by atoms with E-state index in [0.29, 0.717) is 17.2 Å². The Morgan fingerprint density at radius 3 is 2.32 bits per heavy atom. The SMILES string of the molecule is COc1ccc(C2=NO[C@@H]3[C@H]4C[C@H]([C@H]5C(=O)N(c6ccccc6)C(=O)[C@@H]45)[C@H]23)cc1OC. The summed E-state index contributed by atoms with van der Waals surface area (Å²) in [7, 11) is 3.20. The molecule has 0 spiro atoms. The summed E-state index contributed by atoms with van der Waals surface area (Å²) in [6.07, 6.45) is 0.652. The molecule has 0 radical (unpaired) electrons. The standard InChI is InChI=1S/C24H22N2O5/c1-29-16-9-8-12(10-17(16)30-2)21-20-14-11-15(22(20)31-25-21)19-18(14)23(27)26(24(19)28)13-6-4-3-5-7-13/h3-10,14-15,18-20,22H,11H2,1-2H3/t14-,15+,18-,19+,20-,22-/m1/s1. The molecule has 6 rings (SSSR count). The number of carbonyl (C=O) groups is 2. The number of methoxy groups -OCH3 is 2. The third-order valence-electron chi connectivity index (χ3n) is 7.38. The van der Waals surface area contributed by atoms with Crippen LogP contribution in [0.3, 0.4) is 0 Å². The van der Waals surface area contributed by atoms with Crippen LogP contribution in [-0.4, -0.2) is 37.8 Å². The minimum absolute atomic E-state index is 0.00294. The molecule has 0 aromatic heterocycles. The van der Waals surface area contributed by atoms with Crippen molar-refractivity contribution in [2.45, 2.75) is 12.5 Å². The van der Waals surface area contributed by atoms with Crippen molar-refractivity contribution >= 4 is 23.2 Å². The number of para-hydroxylation sites is 1. The first-order chi connectivity index (χ1) is 15.1. The molecular weight excluding hydrogens is 396 g/mol. The molecule has 2 saturated carbocycles. The van der Waals surface area contributed by atoms with E-state index in [-0.39, 0.29) is 47.5 Å². The van der Waals surface area contributed by atoms with Crippen LogP contribution in [0.1, 0.15) is 12.0 Å². The van der Waals surface area contributed by atoms with Crippen LogP contribution in [0.25, 0.3) is 0 Å². The number of oxime groups is 1. The molecule has 0 unspecified atom stereocenters. The number of ether oxygens (including phenoxy) is 2. The lowest BCUT2D eigenvalue weighted by molar-refractivity contribution is -0.125. The summed E-state index contributed by atoms with van der Waals surface area (Å²) in [6.45, 7) is 0. The van der Waals surface area contributed by atoms with Gasteiger partial charge in [-0.15, -0.1) is 0 Å². The van der Waals surface area contributed by atoms with Crippen molar-refractivity contribution in [2.24, 2.45) is 34.7 Å². The number of hydrogen-bond acceptors (Lipinski definition) is 6. The first-order valence-corrected chi connectivity index (χ1v) is 10.5. The zero-order valence-electron chi connectivity index (χ0n) is 17.2. The summed E-state index contributed by atoms with van der Waals surface area (Å²) >= 11 is 0. The van der Waals surface area contributed by atoms with Gasteiger partial charge in [0.25, 0.3) is 0 Å². The van der Waals surface area contributed by atoms with Gasteiger partial charge < -0.3 is 14.3 Å². The average Bonchev–Trinajstić information content (AvgIpc) is 3.54. The van der Waals surface area contributed by atoms with Gasteiger partial charge in [-0.25, -0.2) is 0 Å². The lowest BCUT2D eigenvalue weighted by Gasteiger charge is -2.29. The first kappa shape index (κ1) is 18.4. The van der Waals surface area contributed by atoms with Gasteiger partial charge in [0.15, 0.2) is 11.5 Å². The monoisotopic (exact) mass is 418 g/mol. The minimum atomic E-state index is -0.320. The molecule has 2 aromatic rings. The van der Waals surface area contributed by atoms with E-state index in [1.807, 2.05) is 48.5 Å². The molecule has 31 heavy (non-hydrogen) atoms. The quantitative estimate of drug-likeness (QED) is 0.714. The van der Waals surface area contributed by atoms with E-state index in [9.17, 15) is 9.59 Å². The molecule has 2 bridgehead atoms. The fraction of sp³-hybridized carbons (Fsp3) is 0.375. The molecule has 0 N–H and O–H groups in total. The van der Waals surface area contributed by atoms with Crippen molar-refractivity contribution in [3.8, 4) is 11.5 Å². The van der Waals surface area contributed by atoms with Gasteiger partial charge in [0.05, 0.1) is 37.5 Å². The van der Waals surface area contributed by atoms with E-state index >= 15 is 0 Å². The molecule has 2 aliphatic heterocycles. The summed E-state index contributed by atoms with van der Waals surface area (Å²) < 4.78 is 10.8. The highest BCUT2D eigenvalue weighted by atomic mass is 16.6. The molecule has 158 valence electrons. The molecule has 3 fully saturated rings. The van der Waals surface area contributed by atoms with Gasteiger partial charge in [-0.3, -0.25) is 14.5 Å². The van der Waals surface area contributed by atoms with E-state index in [1.165, 1.54) is 4.90 Å². The number of amides is 2. The highest BCUT2D eigenvalue weighted by Crippen LogP contribution is 2.62. The Balaban J connectivity index is 1.34. The molecule has 7 heteroatoms. The van der Waals surface area contributed by atoms with Gasteiger partial charge in [0, 0.05) is 17.4 Å². The van der Waals surface area contributed by atoms with Crippen LogP contribution in [0.5, 0.6) is 11.5 Å². The van der Waals surface area contributed by atoms with Crippen molar-refractivity contribution in [1.82, 2.24) is 0 Å². The van der Waals surface area contributed by atoms with Crippen LogP contribution >= 0.6 is 0 Å². The number of benzene rings is 2. The number of rotatable bonds is 4. The lowest BCUT2D eigenvalue weighted by Crippen LogP contribution is -2.41. The van der Waals surface area contributed by atoms with Gasteiger partial charge in [-0.05, 0) is 42.7 Å². The molecule has 6 atom stereocenters. The van der Waals surface area contributed by atoms with Crippen molar-refractivity contribution < 1.29 is 23.9 Å². The van der Waals surface area contributed by atoms with Gasteiger partial charge in [0.1, 0.15) is 6.10 Å². The maximum atomic E-state index is 13.4. The maximum absolute atomic E-state index is 13.4. The highest BCUT2D eigenvalue weighted by Gasteiger charge is 2.70. The third kappa shape index (κ3) is 2.37. The second-order valence-electron chi connectivity index (χ2n) is 8.60. The number of carbonyl (C=O) groups excluding carboxylic acids is 2. The van der Waals surface area contributed by atoms with Crippen molar-refractivity contribution in [3.63, 3.8) is 0 Å². The second-order valence-corrected chi connectivity index (χ2v) is 8.60. The zero-order valence-corrected chi connectivity index (χ0v) is 17.2. The summed E-state index contributed by atoms with van der Waals surface area (Å²) in [5.41, 5.74) is 2.37. The fourth-order valence-electron chi connectivity index (χ4n) is 6.19. The number of hydrogen-bond donors (Lipinski definition) is 0. The Hall–Kier alpha value is -3.35. The smallest absolute Gasteiger partial charge is 0.238 e. The summed E-state index contributed by atoms with van der Waals surface area (Å²) in [5, 5.41) is 4.40. The Kier molecular flexibility index (Phi) is 3.91. The minimum Gasteiger partial charge on any atom is -0.493 e. The molecule has 2 aliphatic carbocycles. The van der Waals surface area contributed by atoms with E-state index in [2.05, 4.69) is 5.16 Å². The second kappa shape index (κ2) is 6.57. The Labute approximate surface area is 179 Å². The predicted molar refractivity (Wildman–Crippen MR) is 112 cm³/mol. The van der Waals surface area contributed by atoms with Gasteiger partial charge in [0.2, 0.25) is 11.8 Å². The van der Waals surface area contributed by atoms with Gasteiger partial charge >= 0.3 is 0 Å². The van der Waals surface area contributed by atoms with E-state index in [4.69, 9.17) is 14.3 Å². The van der Waals surface area contributed by atoms with Crippen LogP contribution in [0.15, 0.2) is 53.7 Å². The molecule has 2 amide bonds. The van der Waals surface area contributed by atoms with Crippen LogP contribution in [-0.2, 0) is 14.4 Å². The molecule has 7 nitrogen and oxygen atoms in total. The number of nitrogens with zero attached hydrogens (tertiary/aromatic N) is 2. The highest BCUT2D eigenvalue weighted by molar-refractivity contribution is 6.23. The van der Waals surface area contributed by atoms with Gasteiger partial charge in [-0.1, -0.05) is 23.4 Å². The summed E-state index contributed by atoms with van der Waals surface area (Å²) in [4.78, 5) is 33.9. The molecule has 4 aliphatic rings. The predicted octanol–water partition coefficient (Wildman–Crippen LogP) is 2.88. The normalized spacial score (nSPS) is 32.6. The average molecular weight is 418 g/mol. The molecular formula is C24H22N2O5. The molecule has 1 saturated heterocycles. The fourth-order valence-corrected chi connectivity index (χ4v) is 6.19. The Morgan fingerprint density at radius 1 is 0.903 bits per heavy atom. The van der Waals surface area contributed by atoms with Crippen molar-refractivity contribution in [1.29, 1.82) is 0 Å². The van der Waals surface area contributed by atoms with Crippen molar-refractivity contribution in [3.05, 3.63) is 54.1 Å². The summed E-state index contributed by atoms with van der Waals surface area (Å²) in [6, 6.07) is 14.9. The topological polar surface area (TPSA) is 77.4 Å².